The Morgan fingerprint density at radius 1 is 1.20 bits per heavy atom. The molecule has 0 N–H and O–H groups in total. The Morgan fingerprint density at radius 2 is 1.90 bits per heavy atom. The zero-order valence-electron chi connectivity index (χ0n) is 11.4. The maximum absolute atomic E-state index is 6.48. The van der Waals surface area contributed by atoms with Gasteiger partial charge in [-0.05, 0) is 49.7 Å². The van der Waals surface area contributed by atoms with Crippen molar-refractivity contribution in [2.45, 2.75) is 38.1 Å². The highest BCUT2D eigenvalue weighted by Crippen LogP contribution is 2.53. The van der Waals surface area contributed by atoms with Crippen molar-refractivity contribution >= 4 is 34.2 Å². The van der Waals surface area contributed by atoms with Crippen LogP contribution in [0.1, 0.15) is 37.5 Å². The molecule has 2 nitrogen and oxygen atoms in total. The average Bonchev–Trinajstić information content (AvgIpc) is 3.32. The summed E-state index contributed by atoms with van der Waals surface area (Å²) in [6.07, 6.45) is 6.23. The molecule has 1 heterocycles. The van der Waals surface area contributed by atoms with Crippen molar-refractivity contribution in [3.8, 4) is 0 Å². The summed E-state index contributed by atoms with van der Waals surface area (Å²) in [4.78, 5) is 4.80. The molecule has 4 heteroatoms. The number of hydrogen-bond donors (Lipinski definition) is 0. The smallest absolute Gasteiger partial charge is 0.111 e. The molecule has 0 radical (unpaired) electrons. The lowest BCUT2D eigenvalue weighted by atomic mass is 10.1. The average molecular weight is 309 g/mol. The third-order valence-corrected chi connectivity index (χ3v) is 5.05. The van der Waals surface area contributed by atoms with Crippen LogP contribution in [0.5, 0.6) is 0 Å². The first-order valence-corrected chi connectivity index (χ1v) is 8.42. The van der Waals surface area contributed by atoms with E-state index in [1.54, 1.807) is 0 Å². The van der Waals surface area contributed by atoms with Gasteiger partial charge in [0.25, 0.3) is 0 Å². The molecular formula is C16H18Cl2N2. The van der Waals surface area contributed by atoms with Gasteiger partial charge >= 0.3 is 0 Å². The third kappa shape index (κ3) is 2.14. The molecule has 0 spiro atoms. The van der Waals surface area contributed by atoms with Crippen LogP contribution in [0.25, 0.3) is 11.0 Å². The van der Waals surface area contributed by atoms with Crippen molar-refractivity contribution in [1.29, 1.82) is 0 Å². The number of aryl methyl sites for hydroxylation is 1. The first kappa shape index (κ1) is 13.0. The van der Waals surface area contributed by atoms with Gasteiger partial charge < -0.3 is 4.57 Å². The van der Waals surface area contributed by atoms with E-state index in [9.17, 15) is 0 Å². The number of fused-ring (bicyclic) bond motifs is 1. The number of alkyl halides is 1. The van der Waals surface area contributed by atoms with Crippen LogP contribution in [0, 0.1) is 11.8 Å². The molecular weight excluding hydrogens is 291 g/mol. The highest BCUT2D eigenvalue weighted by molar-refractivity contribution is 6.35. The van der Waals surface area contributed by atoms with E-state index in [0.717, 1.165) is 40.1 Å². The standard InChI is InChI=1S/C16H18Cl2N2/c17-9-8-14-19-13-3-1-2-12(18)16(13)20(14)15(10-4-5-10)11-6-7-11/h1-3,10-11,15H,4-9H2. The van der Waals surface area contributed by atoms with E-state index in [1.165, 1.54) is 25.7 Å². The second-order valence-corrected chi connectivity index (χ2v) is 6.90. The zero-order chi connectivity index (χ0) is 13.7. The molecule has 20 heavy (non-hydrogen) atoms. The van der Waals surface area contributed by atoms with Gasteiger partial charge in [0.1, 0.15) is 5.82 Å². The van der Waals surface area contributed by atoms with Crippen LogP contribution in [0.3, 0.4) is 0 Å². The van der Waals surface area contributed by atoms with Gasteiger partial charge in [-0.2, -0.15) is 0 Å². The predicted molar refractivity (Wildman–Crippen MR) is 83.7 cm³/mol. The summed E-state index contributed by atoms with van der Waals surface area (Å²) in [5.41, 5.74) is 2.14. The van der Waals surface area contributed by atoms with Gasteiger partial charge in [-0.25, -0.2) is 4.98 Å². The lowest BCUT2D eigenvalue weighted by Gasteiger charge is -2.21. The molecule has 0 unspecified atom stereocenters. The van der Waals surface area contributed by atoms with Gasteiger partial charge in [0, 0.05) is 18.3 Å². The van der Waals surface area contributed by atoms with E-state index in [2.05, 4.69) is 10.6 Å². The van der Waals surface area contributed by atoms with Crippen molar-refractivity contribution in [2.24, 2.45) is 11.8 Å². The summed E-state index contributed by atoms with van der Waals surface area (Å²) in [6, 6.07) is 6.61. The van der Waals surface area contributed by atoms with Crippen molar-refractivity contribution in [3.05, 3.63) is 29.0 Å². The number of halogens is 2. The molecule has 2 aliphatic rings. The highest BCUT2D eigenvalue weighted by atomic mass is 35.5. The predicted octanol–water partition coefficient (Wildman–Crippen LogP) is 4.83. The molecule has 2 aliphatic carbocycles. The topological polar surface area (TPSA) is 17.8 Å². The van der Waals surface area contributed by atoms with E-state index in [-0.39, 0.29) is 0 Å². The minimum absolute atomic E-state index is 0.595. The molecule has 0 aliphatic heterocycles. The summed E-state index contributed by atoms with van der Waals surface area (Å²) in [5.74, 6) is 3.38. The zero-order valence-corrected chi connectivity index (χ0v) is 12.9. The first-order chi connectivity index (χ1) is 9.79. The second kappa shape index (κ2) is 4.92. The molecule has 0 saturated heterocycles. The Kier molecular flexibility index (Phi) is 3.19. The number of nitrogens with zero attached hydrogens (tertiary/aromatic N) is 2. The SMILES string of the molecule is ClCCc1nc2cccc(Cl)c2n1C(C1CC1)C1CC1. The Bertz CT molecular complexity index is 629. The van der Waals surface area contributed by atoms with Gasteiger partial charge in [-0.15, -0.1) is 11.6 Å². The summed E-state index contributed by atoms with van der Waals surface area (Å²) in [7, 11) is 0. The van der Waals surface area contributed by atoms with Gasteiger partial charge in [0.2, 0.25) is 0 Å². The molecule has 0 atom stereocenters. The Labute approximate surface area is 129 Å². The van der Waals surface area contributed by atoms with Crippen molar-refractivity contribution in [2.75, 3.05) is 5.88 Å². The van der Waals surface area contributed by atoms with Crippen LogP contribution < -0.4 is 0 Å². The summed E-state index contributed by atoms with van der Waals surface area (Å²) in [6.45, 7) is 0. The lowest BCUT2D eigenvalue weighted by molar-refractivity contribution is 0.393. The summed E-state index contributed by atoms with van der Waals surface area (Å²) in [5, 5.41) is 0.821. The van der Waals surface area contributed by atoms with E-state index < -0.39 is 0 Å². The van der Waals surface area contributed by atoms with Crippen LogP contribution in [0.2, 0.25) is 5.02 Å². The molecule has 0 bridgehead atoms. The fraction of sp³-hybridized carbons (Fsp3) is 0.562. The quantitative estimate of drug-likeness (QED) is 0.723. The Balaban J connectivity index is 1.91. The van der Waals surface area contributed by atoms with E-state index >= 15 is 0 Å². The van der Waals surface area contributed by atoms with Gasteiger partial charge in [-0.1, -0.05) is 17.7 Å². The monoisotopic (exact) mass is 308 g/mol. The molecule has 2 fully saturated rings. The molecule has 1 aromatic heterocycles. The third-order valence-electron chi connectivity index (χ3n) is 4.56. The number of hydrogen-bond acceptors (Lipinski definition) is 1. The van der Waals surface area contributed by atoms with Crippen LogP contribution in [-0.4, -0.2) is 15.4 Å². The fourth-order valence-electron chi connectivity index (χ4n) is 3.42. The number of rotatable bonds is 5. The normalized spacial score (nSPS) is 19.1. The maximum atomic E-state index is 6.48. The summed E-state index contributed by atoms with van der Waals surface area (Å²) < 4.78 is 2.44. The van der Waals surface area contributed by atoms with Gasteiger partial charge in [0.15, 0.2) is 0 Å². The maximum Gasteiger partial charge on any atom is 0.111 e. The number of para-hydroxylation sites is 1. The molecule has 1 aromatic carbocycles. The van der Waals surface area contributed by atoms with Crippen LogP contribution in [-0.2, 0) is 6.42 Å². The van der Waals surface area contributed by atoms with E-state index in [4.69, 9.17) is 28.2 Å². The minimum Gasteiger partial charge on any atom is -0.323 e. The molecule has 0 amide bonds. The number of imidazole rings is 1. The first-order valence-electron chi connectivity index (χ1n) is 7.51. The summed E-state index contributed by atoms with van der Waals surface area (Å²) >= 11 is 12.5. The second-order valence-electron chi connectivity index (χ2n) is 6.11. The van der Waals surface area contributed by atoms with Crippen LogP contribution in [0.4, 0.5) is 0 Å². The molecule has 2 saturated carbocycles. The van der Waals surface area contributed by atoms with Gasteiger partial charge in [-0.3, -0.25) is 0 Å². The van der Waals surface area contributed by atoms with Crippen molar-refractivity contribution in [1.82, 2.24) is 9.55 Å². The largest absolute Gasteiger partial charge is 0.323 e. The van der Waals surface area contributed by atoms with Crippen molar-refractivity contribution in [3.63, 3.8) is 0 Å². The van der Waals surface area contributed by atoms with Gasteiger partial charge in [0.05, 0.1) is 16.1 Å². The Hall–Kier alpha value is -0.730. The molecule has 106 valence electrons. The van der Waals surface area contributed by atoms with Crippen LogP contribution >= 0.6 is 23.2 Å². The Morgan fingerprint density at radius 3 is 2.50 bits per heavy atom. The lowest BCUT2D eigenvalue weighted by Crippen LogP contribution is -2.17. The van der Waals surface area contributed by atoms with Crippen LogP contribution in [0.15, 0.2) is 18.2 Å². The molecule has 2 aromatic rings. The molecule has 4 rings (SSSR count). The number of benzene rings is 1. The van der Waals surface area contributed by atoms with Crippen molar-refractivity contribution < 1.29 is 0 Å². The van der Waals surface area contributed by atoms with E-state index in [0.29, 0.717) is 11.9 Å². The van der Waals surface area contributed by atoms with E-state index in [1.807, 2.05) is 12.1 Å². The number of aromatic nitrogens is 2. The minimum atomic E-state index is 0.595. The fourth-order valence-corrected chi connectivity index (χ4v) is 3.85. The highest BCUT2D eigenvalue weighted by Gasteiger charge is 2.44.